The Balaban J connectivity index is 0.00000261. The maximum Gasteiger partial charge on any atom is 0.261 e. The molecule has 2 aromatic carbocycles. The predicted molar refractivity (Wildman–Crippen MR) is 119 cm³/mol. The molecule has 0 aliphatic carbocycles. The summed E-state index contributed by atoms with van der Waals surface area (Å²) in [6.45, 7) is 1.17. The Kier molecular flexibility index (Phi) is 7.74. The van der Waals surface area contributed by atoms with E-state index in [9.17, 15) is 4.79 Å². The monoisotopic (exact) mass is 463 g/mol. The lowest BCUT2D eigenvalue weighted by Crippen LogP contribution is -2.36. The molecule has 0 fully saturated rings. The van der Waals surface area contributed by atoms with Crippen LogP contribution in [-0.2, 0) is 0 Å². The van der Waals surface area contributed by atoms with Crippen LogP contribution < -0.4 is 4.90 Å². The number of carbonyl (C=O) groups is 1. The molecule has 0 saturated carbocycles. The lowest BCUT2D eigenvalue weighted by molar-refractivity contribution is 0.0985. The van der Waals surface area contributed by atoms with Crippen LogP contribution in [0.5, 0.6) is 0 Å². The summed E-state index contributed by atoms with van der Waals surface area (Å²) in [6.07, 6.45) is 0. The first-order valence-corrected chi connectivity index (χ1v) is 9.78. The summed E-state index contributed by atoms with van der Waals surface area (Å²) in [6, 6.07) is 10.3. The van der Waals surface area contributed by atoms with Crippen LogP contribution in [-0.4, -0.2) is 43.0 Å². The van der Waals surface area contributed by atoms with E-state index in [0.29, 0.717) is 38.9 Å². The normalized spacial score (nSPS) is 10.9. The number of thiazole rings is 1. The maximum atomic E-state index is 13.2. The van der Waals surface area contributed by atoms with Crippen LogP contribution in [0, 0.1) is 0 Å². The third-order valence-corrected chi connectivity index (χ3v) is 5.57. The molecular weight excluding hydrogens is 448 g/mol. The van der Waals surface area contributed by atoms with Gasteiger partial charge >= 0.3 is 0 Å². The smallest absolute Gasteiger partial charge is 0.261 e. The van der Waals surface area contributed by atoms with Crippen molar-refractivity contribution in [3.8, 4) is 0 Å². The quantitative estimate of drug-likeness (QED) is 0.472. The minimum Gasteiger partial charge on any atom is -0.308 e. The van der Waals surface area contributed by atoms with Crippen molar-refractivity contribution in [1.29, 1.82) is 0 Å². The topological polar surface area (TPSA) is 36.4 Å². The van der Waals surface area contributed by atoms with Crippen LogP contribution in [0.25, 0.3) is 10.2 Å². The molecule has 0 saturated heterocycles. The number of nitrogens with zero attached hydrogens (tertiary/aromatic N) is 3. The molecule has 3 aromatic rings. The van der Waals surface area contributed by atoms with E-state index < -0.39 is 0 Å². The second kappa shape index (κ2) is 9.41. The highest BCUT2D eigenvalue weighted by atomic mass is 35.5. The van der Waals surface area contributed by atoms with Crippen LogP contribution in [0.15, 0.2) is 36.4 Å². The molecule has 0 N–H and O–H groups in total. The number of halogens is 4. The Hall–Kier alpha value is -1.08. The summed E-state index contributed by atoms with van der Waals surface area (Å²) in [7, 11) is 3.91. The van der Waals surface area contributed by atoms with E-state index in [4.69, 9.17) is 34.8 Å². The van der Waals surface area contributed by atoms with E-state index in [0.717, 1.165) is 10.2 Å². The Morgan fingerprint density at radius 1 is 1.04 bits per heavy atom. The molecule has 0 aliphatic rings. The highest BCUT2D eigenvalue weighted by Crippen LogP contribution is 2.32. The first-order chi connectivity index (χ1) is 12.3. The van der Waals surface area contributed by atoms with Crippen LogP contribution in [0.1, 0.15) is 10.4 Å². The first kappa shape index (κ1) is 22.2. The Bertz CT molecular complexity index is 961. The SMILES string of the molecule is CN(C)CCN(C(=O)c1ccc(Cl)cc1Cl)c1nc2ccc(Cl)cc2s1.Cl. The number of amides is 1. The van der Waals surface area contributed by atoms with Gasteiger partial charge in [-0.15, -0.1) is 12.4 Å². The Morgan fingerprint density at radius 2 is 1.70 bits per heavy atom. The molecule has 1 aromatic heterocycles. The largest absolute Gasteiger partial charge is 0.308 e. The number of hydrogen-bond donors (Lipinski definition) is 0. The number of hydrogen-bond acceptors (Lipinski definition) is 4. The summed E-state index contributed by atoms with van der Waals surface area (Å²) in [4.78, 5) is 21.4. The van der Waals surface area contributed by atoms with E-state index in [1.807, 2.05) is 31.1 Å². The van der Waals surface area contributed by atoms with Gasteiger partial charge in [-0.05, 0) is 50.5 Å². The lowest BCUT2D eigenvalue weighted by Gasteiger charge is -2.22. The molecule has 9 heteroatoms. The zero-order valence-corrected chi connectivity index (χ0v) is 18.5. The number of anilines is 1. The number of fused-ring (bicyclic) bond motifs is 1. The molecule has 0 unspecified atom stereocenters. The molecule has 0 radical (unpaired) electrons. The highest BCUT2D eigenvalue weighted by Gasteiger charge is 2.23. The zero-order valence-electron chi connectivity index (χ0n) is 14.6. The molecule has 0 spiro atoms. The van der Waals surface area contributed by atoms with Gasteiger partial charge in [0, 0.05) is 23.1 Å². The van der Waals surface area contributed by atoms with Crippen molar-refractivity contribution in [2.45, 2.75) is 0 Å². The number of rotatable bonds is 5. The predicted octanol–water partition coefficient (Wildman–Crippen LogP) is 5.89. The van der Waals surface area contributed by atoms with Gasteiger partial charge in [-0.2, -0.15) is 0 Å². The average Bonchev–Trinajstić information content (AvgIpc) is 2.97. The van der Waals surface area contributed by atoms with Gasteiger partial charge in [0.05, 0.1) is 20.8 Å². The molecule has 144 valence electrons. The van der Waals surface area contributed by atoms with Crippen LogP contribution in [0.2, 0.25) is 15.1 Å². The number of benzene rings is 2. The fourth-order valence-electron chi connectivity index (χ4n) is 2.39. The minimum atomic E-state index is -0.210. The summed E-state index contributed by atoms with van der Waals surface area (Å²) < 4.78 is 0.928. The fourth-order valence-corrected chi connectivity index (χ4v) is 4.15. The second-order valence-electron chi connectivity index (χ2n) is 5.99. The Labute approximate surface area is 183 Å². The molecule has 27 heavy (non-hydrogen) atoms. The van der Waals surface area contributed by atoms with Gasteiger partial charge in [-0.3, -0.25) is 9.69 Å². The summed E-state index contributed by atoms with van der Waals surface area (Å²) >= 11 is 19.7. The van der Waals surface area contributed by atoms with Crippen molar-refractivity contribution in [3.63, 3.8) is 0 Å². The third kappa shape index (κ3) is 5.25. The maximum absolute atomic E-state index is 13.2. The Morgan fingerprint density at radius 3 is 2.37 bits per heavy atom. The van der Waals surface area contributed by atoms with E-state index in [1.54, 1.807) is 29.2 Å². The van der Waals surface area contributed by atoms with Gasteiger partial charge in [0.2, 0.25) is 0 Å². The number of likely N-dealkylation sites (N-methyl/N-ethyl adjacent to an activating group) is 1. The van der Waals surface area contributed by atoms with Crippen molar-refractivity contribution < 1.29 is 4.79 Å². The van der Waals surface area contributed by atoms with Gasteiger partial charge in [0.25, 0.3) is 5.91 Å². The van der Waals surface area contributed by atoms with Gasteiger partial charge in [-0.25, -0.2) is 4.98 Å². The fraction of sp³-hybridized carbons (Fsp3) is 0.222. The number of carbonyl (C=O) groups excluding carboxylic acids is 1. The summed E-state index contributed by atoms with van der Waals surface area (Å²) in [5.74, 6) is -0.210. The second-order valence-corrected chi connectivity index (χ2v) is 8.28. The van der Waals surface area contributed by atoms with Crippen LogP contribution >= 0.6 is 58.5 Å². The molecule has 3 rings (SSSR count). The molecule has 0 aliphatic heterocycles. The number of aromatic nitrogens is 1. The zero-order chi connectivity index (χ0) is 18.8. The summed E-state index contributed by atoms with van der Waals surface area (Å²) in [5.41, 5.74) is 1.20. The standard InChI is InChI=1S/C18H16Cl3N3OS.ClH/c1-23(2)7-8-24(17(25)13-5-3-11(19)9-14(13)21)18-22-15-6-4-12(20)10-16(15)26-18;/h3-6,9-10H,7-8H2,1-2H3;1H. The minimum absolute atomic E-state index is 0. The van der Waals surface area contributed by atoms with Crippen molar-refractivity contribution in [3.05, 3.63) is 57.0 Å². The van der Waals surface area contributed by atoms with Crippen LogP contribution in [0.3, 0.4) is 0 Å². The van der Waals surface area contributed by atoms with Gasteiger partial charge < -0.3 is 4.90 Å². The van der Waals surface area contributed by atoms with Crippen molar-refractivity contribution in [2.24, 2.45) is 0 Å². The van der Waals surface area contributed by atoms with E-state index in [-0.39, 0.29) is 18.3 Å². The van der Waals surface area contributed by atoms with Gasteiger partial charge in [0.1, 0.15) is 0 Å². The van der Waals surface area contributed by atoms with E-state index in [1.165, 1.54) is 11.3 Å². The first-order valence-electron chi connectivity index (χ1n) is 7.83. The van der Waals surface area contributed by atoms with E-state index in [2.05, 4.69) is 4.98 Å². The van der Waals surface area contributed by atoms with Gasteiger partial charge in [-0.1, -0.05) is 46.1 Å². The molecule has 0 atom stereocenters. The molecule has 4 nitrogen and oxygen atoms in total. The molecule has 1 heterocycles. The average molecular weight is 465 g/mol. The molecule has 0 bridgehead atoms. The van der Waals surface area contributed by atoms with Crippen molar-refractivity contribution >= 4 is 79.8 Å². The van der Waals surface area contributed by atoms with E-state index >= 15 is 0 Å². The summed E-state index contributed by atoms with van der Waals surface area (Å²) in [5, 5.41) is 2.06. The highest BCUT2D eigenvalue weighted by molar-refractivity contribution is 7.22. The molecule has 1 amide bonds. The van der Waals surface area contributed by atoms with Crippen LogP contribution in [0.4, 0.5) is 5.13 Å². The van der Waals surface area contributed by atoms with Crippen molar-refractivity contribution in [2.75, 3.05) is 32.1 Å². The van der Waals surface area contributed by atoms with Gasteiger partial charge in [0.15, 0.2) is 5.13 Å². The van der Waals surface area contributed by atoms with Crippen molar-refractivity contribution in [1.82, 2.24) is 9.88 Å². The molecular formula is C18H17Cl4N3OS. The lowest BCUT2D eigenvalue weighted by atomic mass is 10.2. The third-order valence-electron chi connectivity index (χ3n) is 3.75.